The summed E-state index contributed by atoms with van der Waals surface area (Å²) < 4.78 is 61.4. The lowest BCUT2D eigenvalue weighted by molar-refractivity contribution is -0.138. The summed E-state index contributed by atoms with van der Waals surface area (Å²) in [6.45, 7) is 16.7. The maximum Gasteiger partial charge on any atom is 0.417 e. The Morgan fingerprint density at radius 1 is 1.07 bits per heavy atom. The summed E-state index contributed by atoms with van der Waals surface area (Å²) in [5.74, 6) is 0.0712. The minimum Gasteiger partial charge on any atom is -0.410 e. The van der Waals surface area contributed by atoms with Gasteiger partial charge in [0.1, 0.15) is 6.10 Å². The van der Waals surface area contributed by atoms with Crippen molar-refractivity contribution in [3.8, 4) is 6.07 Å². The summed E-state index contributed by atoms with van der Waals surface area (Å²) >= 11 is 0. The van der Waals surface area contributed by atoms with Crippen LogP contribution in [0.15, 0.2) is 18.2 Å². The van der Waals surface area contributed by atoms with E-state index < -0.39 is 37.3 Å². The quantitative estimate of drug-likeness (QED) is 0.323. The van der Waals surface area contributed by atoms with Crippen LogP contribution in [0.1, 0.15) is 130 Å². The number of benzene rings is 1. The van der Waals surface area contributed by atoms with Crippen LogP contribution >= 0.6 is 0 Å². The first-order valence-corrected chi connectivity index (χ1v) is 18.5. The van der Waals surface area contributed by atoms with E-state index in [1.807, 2.05) is 0 Å². The Labute approximate surface area is 254 Å². The van der Waals surface area contributed by atoms with Crippen LogP contribution in [0.3, 0.4) is 0 Å². The van der Waals surface area contributed by atoms with Crippen LogP contribution in [0.25, 0.3) is 0 Å². The SMILES string of the molecule is CC(C)c1nc2c(c3c1[C@H](c1ccc(C(F)(F)F)c(C#N)c1)OC31CCOCC1)C(O[Si](C)(C)C(C)(C)C)CC1(CC1)C2. The molecule has 43 heavy (non-hydrogen) atoms. The molecule has 2 aliphatic heterocycles. The second kappa shape index (κ2) is 10.1. The molecule has 1 aromatic carbocycles. The smallest absolute Gasteiger partial charge is 0.410 e. The lowest BCUT2D eigenvalue weighted by Crippen LogP contribution is -2.44. The Hall–Kier alpha value is -2.25. The predicted octanol–water partition coefficient (Wildman–Crippen LogP) is 9.01. The first-order valence-electron chi connectivity index (χ1n) is 15.6. The monoisotopic (exact) mass is 612 g/mol. The number of ether oxygens (including phenoxy) is 2. The van der Waals surface area contributed by atoms with Crippen molar-refractivity contribution in [1.82, 2.24) is 4.98 Å². The Balaban J connectivity index is 1.60. The van der Waals surface area contributed by atoms with Crippen LogP contribution in [0.4, 0.5) is 13.2 Å². The number of nitriles is 1. The standard InChI is InChI=1S/C34H43F3N2O3Si/c1-20(2)29-27-28(26-24(39-29)17-32(10-11-32)18-25(26)42-43(6,7)31(3,4)5)33(12-14-40-15-13-33)41-30(27)21-8-9-23(34(35,36)37)22(16-21)19-38/h8-9,16,20,25,30H,10-15,17-18H2,1-7H3/t25?,30-/m0/s1. The first-order chi connectivity index (χ1) is 20.0. The largest absolute Gasteiger partial charge is 0.417 e. The summed E-state index contributed by atoms with van der Waals surface area (Å²) in [6.07, 6.45) is 0.169. The molecule has 0 N–H and O–H groups in total. The van der Waals surface area contributed by atoms with Gasteiger partial charge in [-0.05, 0) is 78.4 Å². The second-order valence-electron chi connectivity index (χ2n) is 15.1. The van der Waals surface area contributed by atoms with E-state index in [4.69, 9.17) is 18.9 Å². The number of halogens is 3. The van der Waals surface area contributed by atoms with Gasteiger partial charge >= 0.3 is 6.18 Å². The molecule has 2 aromatic rings. The topological polar surface area (TPSA) is 64.4 Å². The molecule has 1 unspecified atom stereocenters. The molecular weight excluding hydrogens is 569 g/mol. The second-order valence-corrected chi connectivity index (χ2v) is 19.8. The number of hydrogen-bond acceptors (Lipinski definition) is 5. The van der Waals surface area contributed by atoms with E-state index >= 15 is 0 Å². The van der Waals surface area contributed by atoms with Crippen molar-refractivity contribution in [2.45, 2.75) is 121 Å². The van der Waals surface area contributed by atoms with E-state index in [9.17, 15) is 18.4 Å². The fraction of sp³-hybridized carbons (Fsp3) is 0.647. The highest BCUT2D eigenvalue weighted by atomic mass is 28.4. The van der Waals surface area contributed by atoms with Gasteiger partial charge in [0.25, 0.3) is 0 Å². The zero-order chi connectivity index (χ0) is 31.2. The molecule has 1 saturated heterocycles. The molecule has 2 atom stereocenters. The van der Waals surface area contributed by atoms with Crippen LogP contribution < -0.4 is 0 Å². The average Bonchev–Trinajstić information content (AvgIpc) is 3.58. The maximum atomic E-state index is 13.7. The fourth-order valence-electron chi connectivity index (χ4n) is 7.19. The zero-order valence-electron chi connectivity index (χ0n) is 26.4. The third-order valence-corrected chi connectivity index (χ3v) is 15.2. The fourth-order valence-corrected chi connectivity index (χ4v) is 8.45. The third-order valence-electron chi connectivity index (χ3n) is 10.7. The first kappa shape index (κ1) is 30.8. The molecule has 232 valence electrons. The summed E-state index contributed by atoms with van der Waals surface area (Å²) in [6, 6.07) is 5.64. The van der Waals surface area contributed by atoms with Crippen molar-refractivity contribution in [3.63, 3.8) is 0 Å². The number of rotatable bonds is 4. The van der Waals surface area contributed by atoms with Gasteiger partial charge in [-0.1, -0.05) is 40.7 Å². The lowest BCUT2D eigenvalue weighted by Gasteiger charge is -2.44. The number of pyridine rings is 1. The van der Waals surface area contributed by atoms with Gasteiger partial charge in [-0.2, -0.15) is 18.4 Å². The summed E-state index contributed by atoms with van der Waals surface area (Å²) in [4.78, 5) is 5.39. The van der Waals surface area contributed by atoms with Crippen molar-refractivity contribution < 1.29 is 27.1 Å². The van der Waals surface area contributed by atoms with Gasteiger partial charge in [-0.15, -0.1) is 0 Å². The van der Waals surface area contributed by atoms with Gasteiger partial charge in [0, 0.05) is 48.6 Å². The predicted molar refractivity (Wildman–Crippen MR) is 160 cm³/mol. The van der Waals surface area contributed by atoms with Crippen molar-refractivity contribution in [1.29, 1.82) is 5.26 Å². The van der Waals surface area contributed by atoms with E-state index in [1.165, 1.54) is 25.0 Å². The van der Waals surface area contributed by atoms with Crippen molar-refractivity contribution in [3.05, 3.63) is 63.0 Å². The summed E-state index contributed by atoms with van der Waals surface area (Å²) in [7, 11) is -2.18. The van der Waals surface area contributed by atoms with Gasteiger partial charge in [0.2, 0.25) is 0 Å². The van der Waals surface area contributed by atoms with Gasteiger partial charge in [0.15, 0.2) is 8.32 Å². The van der Waals surface area contributed by atoms with Crippen molar-refractivity contribution >= 4 is 8.32 Å². The minimum atomic E-state index is -4.61. The van der Waals surface area contributed by atoms with Crippen LogP contribution in [0.2, 0.25) is 18.1 Å². The van der Waals surface area contributed by atoms with E-state index in [-0.39, 0.29) is 22.5 Å². The Morgan fingerprint density at radius 3 is 2.30 bits per heavy atom. The number of fused-ring (bicyclic) bond motifs is 4. The highest BCUT2D eigenvalue weighted by Crippen LogP contribution is 2.63. The number of hydrogen-bond donors (Lipinski definition) is 0. The van der Waals surface area contributed by atoms with Crippen molar-refractivity contribution in [2.75, 3.05) is 13.2 Å². The minimum absolute atomic E-state index is 0.0269. The Bertz CT molecular complexity index is 1480. The summed E-state index contributed by atoms with van der Waals surface area (Å²) in [5.41, 5.74) is 4.08. The van der Waals surface area contributed by atoms with Crippen LogP contribution in [0.5, 0.6) is 0 Å². The molecule has 0 bridgehead atoms. The van der Waals surface area contributed by atoms with E-state index in [1.54, 1.807) is 6.07 Å². The molecule has 5 nitrogen and oxygen atoms in total. The maximum absolute atomic E-state index is 13.7. The number of nitrogens with zero attached hydrogens (tertiary/aromatic N) is 2. The molecule has 1 aromatic heterocycles. The zero-order valence-corrected chi connectivity index (χ0v) is 27.4. The summed E-state index contributed by atoms with van der Waals surface area (Å²) in [5, 5.41) is 9.75. The molecule has 4 aliphatic rings. The van der Waals surface area contributed by atoms with Crippen LogP contribution in [0, 0.1) is 16.7 Å². The Morgan fingerprint density at radius 2 is 1.74 bits per heavy atom. The highest BCUT2D eigenvalue weighted by Gasteiger charge is 2.57. The molecule has 1 saturated carbocycles. The van der Waals surface area contributed by atoms with Gasteiger partial charge in [-0.25, -0.2) is 0 Å². The molecule has 2 spiro atoms. The molecule has 2 fully saturated rings. The number of aromatic nitrogens is 1. The molecular formula is C34H43F3N2O3Si. The number of alkyl halides is 3. The normalized spacial score (nSPS) is 24.2. The van der Waals surface area contributed by atoms with Crippen LogP contribution in [-0.2, 0) is 32.1 Å². The molecule has 6 rings (SSSR count). The molecule has 0 radical (unpaired) electrons. The van der Waals surface area contributed by atoms with Gasteiger partial charge in [-0.3, -0.25) is 4.98 Å². The lowest BCUT2D eigenvalue weighted by atomic mass is 9.73. The van der Waals surface area contributed by atoms with Crippen LogP contribution in [-0.4, -0.2) is 26.5 Å². The molecule has 9 heteroatoms. The average molecular weight is 613 g/mol. The molecule has 3 heterocycles. The van der Waals surface area contributed by atoms with Crippen molar-refractivity contribution in [2.24, 2.45) is 5.41 Å². The van der Waals surface area contributed by atoms with E-state index in [0.717, 1.165) is 47.0 Å². The van der Waals surface area contributed by atoms with Gasteiger partial charge in [0.05, 0.1) is 28.9 Å². The van der Waals surface area contributed by atoms with Gasteiger partial charge < -0.3 is 13.9 Å². The molecule has 2 aliphatic carbocycles. The molecule has 0 amide bonds. The third kappa shape index (κ3) is 5.16. The Kier molecular flexibility index (Phi) is 7.25. The highest BCUT2D eigenvalue weighted by molar-refractivity contribution is 6.74. The van der Waals surface area contributed by atoms with E-state index in [2.05, 4.69) is 47.7 Å². The van der Waals surface area contributed by atoms with E-state index in [0.29, 0.717) is 31.6 Å².